The number of nitrogens with zero attached hydrogens (tertiary/aromatic N) is 1. The van der Waals surface area contributed by atoms with Crippen LogP contribution in [0.3, 0.4) is 0 Å². The van der Waals surface area contributed by atoms with Crippen molar-refractivity contribution in [2.24, 2.45) is 0 Å². The van der Waals surface area contributed by atoms with Crippen molar-refractivity contribution in [1.29, 1.82) is 0 Å². The molecule has 2 heterocycles. The van der Waals surface area contributed by atoms with Crippen molar-refractivity contribution in [3.05, 3.63) is 18.2 Å². The van der Waals surface area contributed by atoms with Crippen molar-refractivity contribution < 1.29 is 17.9 Å². The minimum Gasteiger partial charge on any atom is -0.376 e. The lowest BCUT2D eigenvalue weighted by molar-refractivity contribution is -0.119. The Morgan fingerprint density at radius 1 is 1.48 bits per heavy atom. The Morgan fingerprint density at radius 3 is 3.04 bits per heavy atom. The predicted molar refractivity (Wildman–Crippen MR) is 101 cm³/mol. The van der Waals surface area contributed by atoms with Crippen molar-refractivity contribution in [2.75, 3.05) is 29.9 Å². The summed E-state index contributed by atoms with van der Waals surface area (Å²) in [6.07, 6.45) is 3.30. The highest BCUT2D eigenvalue weighted by atomic mass is 32.2. The van der Waals surface area contributed by atoms with Crippen LogP contribution in [0.5, 0.6) is 0 Å². The molecule has 0 spiro atoms. The molecular formula is C15H19N3O4S3. The number of amides is 1. The number of hydrogen-bond donors (Lipinski definition) is 2. The number of ether oxygens (including phenoxy) is 1. The number of carbonyl (C=O) groups excluding carboxylic acids is 1. The summed E-state index contributed by atoms with van der Waals surface area (Å²) in [6.45, 7) is 1.33. The standard InChI is InChI=1S/C15H19N3O4S3/c1-25(20,21)18-10-4-5-12-13(7-10)24-15(17-12)23-9-14(19)16-8-11-3-2-6-22-11/h4-5,7,11,18H,2-3,6,8-9H2,1H3,(H,16,19)/t11-/m1/s1. The van der Waals surface area contributed by atoms with Gasteiger partial charge >= 0.3 is 0 Å². The maximum absolute atomic E-state index is 11.9. The van der Waals surface area contributed by atoms with E-state index in [4.69, 9.17) is 4.74 Å². The highest BCUT2D eigenvalue weighted by Crippen LogP contribution is 2.31. The Kier molecular flexibility index (Phi) is 5.82. The molecule has 1 aliphatic rings. The fourth-order valence-electron chi connectivity index (χ4n) is 2.45. The molecule has 0 saturated carbocycles. The van der Waals surface area contributed by atoms with E-state index in [0.717, 1.165) is 40.3 Å². The van der Waals surface area contributed by atoms with Gasteiger partial charge in [0.15, 0.2) is 4.34 Å². The first kappa shape index (κ1) is 18.4. The largest absolute Gasteiger partial charge is 0.376 e. The van der Waals surface area contributed by atoms with E-state index in [2.05, 4.69) is 15.0 Å². The van der Waals surface area contributed by atoms with E-state index in [1.165, 1.54) is 23.1 Å². The van der Waals surface area contributed by atoms with Crippen LogP contribution in [0.15, 0.2) is 22.5 Å². The van der Waals surface area contributed by atoms with Gasteiger partial charge in [-0.15, -0.1) is 11.3 Å². The molecule has 1 atom stereocenters. The number of hydrogen-bond acceptors (Lipinski definition) is 7. The van der Waals surface area contributed by atoms with Crippen molar-refractivity contribution in [1.82, 2.24) is 10.3 Å². The second-order valence-corrected chi connectivity index (χ2v) is 9.77. The van der Waals surface area contributed by atoms with Crippen LogP contribution in [0.4, 0.5) is 5.69 Å². The fourth-order valence-corrected chi connectivity index (χ4v) is 4.95. The van der Waals surface area contributed by atoms with E-state index in [1.54, 1.807) is 18.2 Å². The van der Waals surface area contributed by atoms with Crippen LogP contribution in [0.2, 0.25) is 0 Å². The van der Waals surface area contributed by atoms with E-state index in [9.17, 15) is 13.2 Å². The number of thiazole rings is 1. The number of nitrogens with one attached hydrogen (secondary N) is 2. The average Bonchev–Trinajstić information content (AvgIpc) is 3.18. The summed E-state index contributed by atoms with van der Waals surface area (Å²) in [5, 5.41) is 2.88. The van der Waals surface area contributed by atoms with Gasteiger partial charge in [0.1, 0.15) is 0 Å². The number of sulfonamides is 1. The summed E-state index contributed by atoms with van der Waals surface area (Å²) in [5.74, 6) is 0.250. The summed E-state index contributed by atoms with van der Waals surface area (Å²) in [7, 11) is -3.31. The molecule has 136 valence electrons. The highest BCUT2D eigenvalue weighted by molar-refractivity contribution is 8.01. The van der Waals surface area contributed by atoms with Crippen LogP contribution in [-0.4, -0.2) is 50.6 Å². The van der Waals surface area contributed by atoms with Gasteiger partial charge in [-0.1, -0.05) is 11.8 Å². The zero-order valence-corrected chi connectivity index (χ0v) is 16.1. The van der Waals surface area contributed by atoms with Crippen LogP contribution < -0.4 is 10.0 Å². The average molecular weight is 402 g/mol. The third kappa shape index (κ3) is 5.56. The molecular weight excluding hydrogens is 382 g/mol. The van der Waals surface area contributed by atoms with Gasteiger partial charge in [0, 0.05) is 13.2 Å². The first-order valence-electron chi connectivity index (χ1n) is 7.78. The Morgan fingerprint density at radius 2 is 2.32 bits per heavy atom. The molecule has 0 bridgehead atoms. The maximum atomic E-state index is 11.9. The number of anilines is 1. The minimum absolute atomic E-state index is 0.0424. The lowest BCUT2D eigenvalue weighted by Crippen LogP contribution is -2.32. The smallest absolute Gasteiger partial charge is 0.230 e. The van der Waals surface area contributed by atoms with Gasteiger partial charge in [0.25, 0.3) is 0 Å². The second-order valence-electron chi connectivity index (χ2n) is 5.76. The molecule has 2 aromatic rings. The lowest BCUT2D eigenvalue weighted by Gasteiger charge is -2.09. The van der Waals surface area contributed by atoms with Gasteiger partial charge < -0.3 is 10.1 Å². The monoisotopic (exact) mass is 401 g/mol. The normalized spacial score (nSPS) is 17.7. The topological polar surface area (TPSA) is 97.4 Å². The van der Waals surface area contributed by atoms with Gasteiger partial charge in [-0.05, 0) is 31.0 Å². The highest BCUT2D eigenvalue weighted by Gasteiger charge is 2.16. The number of fused-ring (bicyclic) bond motifs is 1. The third-order valence-electron chi connectivity index (χ3n) is 3.55. The molecule has 1 aliphatic heterocycles. The second kappa shape index (κ2) is 7.90. The van der Waals surface area contributed by atoms with Crippen molar-refractivity contribution in [2.45, 2.75) is 23.3 Å². The molecule has 1 aromatic heterocycles. The minimum atomic E-state index is -3.31. The molecule has 7 nitrogen and oxygen atoms in total. The molecule has 1 saturated heterocycles. The van der Waals surface area contributed by atoms with E-state index in [1.807, 2.05) is 0 Å². The summed E-state index contributed by atoms with van der Waals surface area (Å²) < 4.78 is 32.2. The number of aromatic nitrogens is 1. The molecule has 25 heavy (non-hydrogen) atoms. The van der Waals surface area contributed by atoms with E-state index < -0.39 is 10.0 Å². The van der Waals surface area contributed by atoms with Crippen LogP contribution in [0.1, 0.15) is 12.8 Å². The quantitative estimate of drug-likeness (QED) is 0.689. The summed E-state index contributed by atoms with van der Waals surface area (Å²) in [4.78, 5) is 16.4. The SMILES string of the molecule is CS(=O)(=O)Nc1ccc2nc(SCC(=O)NC[C@H]3CCCO3)sc2c1. The van der Waals surface area contributed by atoms with Gasteiger partial charge in [-0.3, -0.25) is 9.52 Å². The summed E-state index contributed by atoms with van der Waals surface area (Å²) >= 11 is 2.81. The van der Waals surface area contributed by atoms with Gasteiger partial charge in [0.2, 0.25) is 15.9 Å². The maximum Gasteiger partial charge on any atom is 0.230 e. The number of rotatable bonds is 7. The summed E-state index contributed by atoms with van der Waals surface area (Å²) in [5.41, 5.74) is 1.29. The number of thioether (sulfide) groups is 1. The Bertz CT molecular complexity index is 860. The molecule has 1 aromatic carbocycles. The molecule has 1 fully saturated rings. The van der Waals surface area contributed by atoms with Crippen LogP contribution in [0, 0.1) is 0 Å². The number of benzene rings is 1. The first-order valence-corrected chi connectivity index (χ1v) is 11.5. The summed E-state index contributed by atoms with van der Waals surface area (Å²) in [6, 6.07) is 5.18. The lowest BCUT2D eigenvalue weighted by atomic mass is 10.2. The van der Waals surface area contributed by atoms with Crippen molar-refractivity contribution in [3.8, 4) is 0 Å². The molecule has 1 amide bonds. The van der Waals surface area contributed by atoms with Crippen LogP contribution >= 0.6 is 23.1 Å². The molecule has 2 N–H and O–H groups in total. The van der Waals surface area contributed by atoms with Crippen molar-refractivity contribution in [3.63, 3.8) is 0 Å². The van der Waals surface area contributed by atoms with E-state index >= 15 is 0 Å². The van der Waals surface area contributed by atoms with Gasteiger partial charge in [-0.2, -0.15) is 0 Å². The van der Waals surface area contributed by atoms with E-state index in [0.29, 0.717) is 18.0 Å². The molecule has 0 radical (unpaired) electrons. The Hall–Kier alpha value is -1.36. The Labute approximate surface area is 154 Å². The zero-order chi connectivity index (χ0) is 17.9. The van der Waals surface area contributed by atoms with Gasteiger partial charge in [0.05, 0.1) is 34.0 Å². The molecule has 10 heteroatoms. The third-order valence-corrected chi connectivity index (χ3v) is 6.32. The first-order chi connectivity index (χ1) is 11.9. The molecule has 0 unspecified atom stereocenters. The predicted octanol–water partition coefficient (Wildman–Crippen LogP) is 2.06. The fraction of sp³-hybridized carbons (Fsp3) is 0.467. The van der Waals surface area contributed by atoms with Crippen LogP contribution in [-0.2, 0) is 19.6 Å². The van der Waals surface area contributed by atoms with Crippen LogP contribution in [0.25, 0.3) is 10.2 Å². The number of carbonyl (C=O) groups is 1. The Balaban J connectivity index is 1.55. The zero-order valence-electron chi connectivity index (χ0n) is 13.6. The molecule has 3 rings (SSSR count). The molecule has 0 aliphatic carbocycles. The van der Waals surface area contributed by atoms with E-state index in [-0.39, 0.29) is 12.0 Å². The van der Waals surface area contributed by atoms with Crippen molar-refractivity contribution >= 4 is 54.9 Å². The van der Waals surface area contributed by atoms with Gasteiger partial charge in [-0.25, -0.2) is 13.4 Å².